The summed E-state index contributed by atoms with van der Waals surface area (Å²) in [5.41, 5.74) is 9.84. The van der Waals surface area contributed by atoms with Crippen LogP contribution in [0.1, 0.15) is 30.8 Å². The highest BCUT2D eigenvalue weighted by Crippen LogP contribution is 2.47. The first-order chi connectivity index (χ1) is 21.2. The lowest BCUT2D eigenvalue weighted by Gasteiger charge is -2.16. The number of aromatic hydroxyl groups is 1. The van der Waals surface area contributed by atoms with Crippen molar-refractivity contribution in [3.63, 3.8) is 0 Å². The van der Waals surface area contributed by atoms with Gasteiger partial charge in [0.15, 0.2) is 23.0 Å². The molecule has 7 rings (SSSR count). The van der Waals surface area contributed by atoms with E-state index in [0.717, 1.165) is 16.7 Å². The first kappa shape index (κ1) is 29.8. The number of anilines is 1. The van der Waals surface area contributed by atoms with Crippen LogP contribution in [-0.4, -0.2) is 64.0 Å². The quantitative estimate of drug-likeness (QED) is 0.242. The highest BCUT2D eigenvalue weighted by molar-refractivity contribution is 7.85. The van der Waals surface area contributed by atoms with E-state index in [0.29, 0.717) is 51.9 Å². The zero-order chi connectivity index (χ0) is 32.3. The Bertz CT molecular complexity index is 2270. The van der Waals surface area contributed by atoms with Crippen molar-refractivity contribution in [3.05, 3.63) is 88.5 Å². The van der Waals surface area contributed by atoms with Crippen LogP contribution in [0.3, 0.4) is 0 Å². The minimum absolute atomic E-state index is 0.0729. The molecular formula is C30H30N8O6S. The summed E-state index contributed by atoms with van der Waals surface area (Å²) in [4.78, 5) is 27.5. The van der Waals surface area contributed by atoms with Crippen molar-refractivity contribution >= 4 is 37.9 Å². The fourth-order valence-electron chi connectivity index (χ4n) is 5.56. The summed E-state index contributed by atoms with van der Waals surface area (Å²) in [5.74, 6) is 1.25. The van der Waals surface area contributed by atoms with Gasteiger partial charge in [0.2, 0.25) is 0 Å². The Balaban J connectivity index is 0.000000664. The number of hydrogen-bond acceptors (Lipinski definition) is 10. The lowest BCUT2D eigenvalue weighted by atomic mass is 9.95. The maximum atomic E-state index is 13.8. The minimum atomic E-state index is -3.67. The predicted octanol–water partition coefficient (Wildman–Crippen LogP) is 3.18. The van der Waals surface area contributed by atoms with E-state index in [1.54, 1.807) is 32.5 Å². The van der Waals surface area contributed by atoms with E-state index in [1.807, 2.05) is 57.2 Å². The van der Waals surface area contributed by atoms with Gasteiger partial charge in [0, 0.05) is 29.9 Å². The summed E-state index contributed by atoms with van der Waals surface area (Å²) in [6.07, 6.45) is 6.28. The normalized spacial score (nSPS) is 13.8. The molecule has 0 bridgehead atoms. The molecule has 0 radical (unpaired) electrons. The van der Waals surface area contributed by atoms with Gasteiger partial charge in [-0.2, -0.15) is 18.2 Å². The molecule has 0 saturated carbocycles. The van der Waals surface area contributed by atoms with Crippen molar-refractivity contribution in [2.75, 3.05) is 12.0 Å². The molecule has 15 heteroatoms. The van der Waals surface area contributed by atoms with Crippen molar-refractivity contribution in [1.82, 2.24) is 34.1 Å². The van der Waals surface area contributed by atoms with Crippen LogP contribution in [0, 0.1) is 6.92 Å². The van der Waals surface area contributed by atoms with Crippen molar-refractivity contribution in [2.24, 2.45) is 0 Å². The van der Waals surface area contributed by atoms with Crippen molar-refractivity contribution < 1.29 is 22.8 Å². The second kappa shape index (κ2) is 10.7. The van der Waals surface area contributed by atoms with Crippen LogP contribution < -0.4 is 16.0 Å². The van der Waals surface area contributed by atoms with E-state index in [4.69, 9.17) is 25.1 Å². The Morgan fingerprint density at radius 2 is 1.78 bits per heavy atom. The van der Waals surface area contributed by atoms with E-state index in [-0.39, 0.29) is 23.7 Å². The Labute approximate surface area is 257 Å². The molecule has 4 N–H and O–H groups in total. The number of aryl methyl sites for hydroxylation is 1. The summed E-state index contributed by atoms with van der Waals surface area (Å²) in [6, 6.07) is 12.7. The summed E-state index contributed by atoms with van der Waals surface area (Å²) >= 11 is 0. The smallest absolute Gasteiger partial charge is 0.281 e. The first-order valence-electron chi connectivity index (χ1n) is 13.8. The van der Waals surface area contributed by atoms with Crippen LogP contribution in [0.5, 0.6) is 11.5 Å². The number of nitrogens with two attached hydrogens (primary N) is 1. The Morgan fingerprint density at radius 1 is 1.07 bits per heavy atom. The molecule has 2 aromatic carbocycles. The molecule has 0 amide bonds. The molecule has 0 atom stereocenters. The van der Waals surface area contributed by atoms with Crippen molar-refractivity contribution in [1.29, 1.82) is 0 Å². The number of phenols is 1. The number of phenolic OH excluding ortho intramolecular Hbond substituents is 1. The second-order valence-corrected chi connectivity index (χ2v) is 12.8. The van der Waals surface area contributed by atoms with Crippen LogP contribution in [0.25, 0.3) is 33.2 Å². The highest BCUT2D eigenvalue weighted by atomic mass is 32.2. The third-order valence-electron chi connectivity index (χ3n) is 7.30. The third kappa shape index (κ3) is 5.58. The molecular weight excluding hydrogens is 600 g/mol. The zero-order valence-electron chi connectivity index (χ0n) is 24.8. The number of aromatic nitrogens is 7. The molecule has 6 aromatic rings. The standard InChI is InChI=1S/C29H26N8O3.CH4O3S/c1-16-7-6-8-19-22(16)28(39)37(35-11-4-5-12-35)21(33-19)14-36-27-23(26(30)31-15-32-27)24(34-36)17-9-10-20(38)25-18(17)13-29(2,3)40-25;1-5(2,3)4/h4-12,15,38H,13-14H2,1-3H3,(H2,30,31,32);1H3,(H,2,3,4). The average molecular weight is 631 g/mol. The summed E-state index contributed by atoms with van der Waals surface area (Å²) in [6.45, 7) is 5.97. The first-order valence-corrected chi connectivity index (χ1v) is 15.7. The van der Waals surface area contributed by atoms with Gasteiger partial charge in [-0.1, -0.05) is 12.1 Å². The third-order valence-corrected chi connectivity index (χ3v) is 7.30. The van der Waals surface area contributed by atoms with Gasteiger partial charge >= 0.3 is 0 Å². The number of rotatable bonds is 4. The molecule has 0 spiro atoms. The zero-order valence-corrected chi connectivity index (χ0v) is 25.6. The Morgan fingerprint density at radius 3 is 2.49 bits per heavy atom. The largest absolute Gasteiger partial charge is 0.504 e. The van der Waals surface area contributed by atoms with Gasteiger partial charge in [-0.15, -0.1) is 0 Å². The number of benzene rings is 2. The van der Waals surface area contributed by atoms with Crippen molar-refractivity contribution in [3.8, 4) is 22.8 Å². The van der Waals surface area contributed by atoms with E-state index < -0.39 is 15.7 Å². The number of nitrogens with zero attached hydrogens (tertiary/aromatic N) is 7. The fourth-order valence-corrected chi connectivity index (χ4v) is 5.56. The molecule has 0 fully saturated rings. The van der Waals surface area contributed by atoms with Gasteiger partial charge in [0.05, 0.1) is 22.5 Å². The topological polar surface area (TPSA) is 193 Å². The lowest BCUT2D eigenvalue weighted by Crippen LogP contribution is -2.31. The van der Waals surface area contributed by atoms with Gasteiger partial charge < -0.3 is 15.6 Å². The molecule has 0 unspecified atom stereocenters. The Hall–Kier alpha value is -5.28. The van der Waals surface area contributed by atoms with Crippen LogP contribution in [0.2, 0.25) is 0 Å². The number of fused-ring (bicyclic) bond motifs is 3. The van der Waals surface area contributed by atoms with Gasteiger partial charge in [0.1, 0.15) is 30.0 Å². The predicted molar refractivity (Wildman–Crippen MR) is 168 cm³/mol. The van der Waals surface area contributed by atoms with Crippen LogP contribution in [0.4, 0.5) is 5.82 Å². The molecule has 5 heterocycles. The maximum Gasteiger partial charge on any atom is 0.281 e. The Kier molecular flexibility index (Phi) is 7.09. The molecule has 14 nitrogen and oxygen atoms in total. The van der Waals surface area contributed by atoms with Gasteiger partial charge in [-0.25, -0.2) is 19.6 Å². The summed E-state index contributed by atoms with van der Waals surface area (Å²) in [7, 11) is -3.67. The molecule has 0 saturated heterocycles. The van der Waals surface area contributed by atoms with Crippen LogP contribution in [0.15, 0.2) is 66.0 Å². The van der Waals surface area contributed by atoms with E-state index in [2.05, 4.69) is 9.97 Å². The van der Waals surface area contributed by atoms with Gasteiger partial charge in [0.25, 0.3) is 15.7 Å². The lowest BCUT2D eigenvalue weighted by molar-refractivity contribution is 0.134. The van der Waals surface area contributed by atoms with Gasteiger partial charge in [-0.05, 0) is 56.7 Å². The van der Waals surface area contributed by atoms with E-state index in [9.17, 15) is 18.3 Å². The van der Waals surface area contributed by atoms with Crippen LogP contribution >= 0.6 is 0 Å². The van der Waals surface area contributed by atoms with E-state index in [1.165, 1.54) is 6.33 Å². The monoisotopic (exact) mass is 630 g/mol. The number of ether oxygens (including phenoxy) is 1. The number of nitrogen functional groups attached to an aromatic ring is 1. The van der Waals surface area contributed by atoms with Gasteiger partial charge in [-0.3, -0.25) is 14.0 Å². The fraction of sp³-hybridized carbons (Fsp3) is 0.233. The highest BCUT2D eigenvalue weighted by Gasteiger charge is 2.35. The molecule has 1 aliphatic heterocycles. The SMILES string of the molecule is CS(=O)(=O)O.Cc1cccc2nc(Cn3nc(-c4ccc(O)c5c4CC(C)(C)O5)c4c(N)ncnc43)n(-n3cccc3)c(=O)c12. The molecule has 0 aliphatic carbocycles. The molecule has 1 aliphatic rings. The minimum Gasteiger partial charge on any atom is -0.504 e. The second-order valence-electron chi connectivity index (χ2n) is 11.4. The molecule has 4 aromatic heterocycles. The summed E-state index contributed by atoms with van der Waals surface area (Å²) < 4.78 is 36.9. The molecule has 232 valence electrons. The number of hydrogen-bond donors (Lipinski definition) is 3. The maximum absolute atomic E-state index is 13.8. The van der Waals surface area contributed by atoms with E-state index >= 15 is 0 Å². The van der Waals surface area contributed by atoms with Crippen LogP contribution in [-0.2, 0) is 23.1 Å². The molecule has 45 heavy (non-hydrogen) atoms. The average Bonchev–Trinajstić information content (AvgIpc) is 3.67. The van der Waals surface area contributed by atoms with Crippen molar-refractivity contribution in [2.45, 2.75) is 39.3 Å². The summed E-state index contributed by atoms with van der Waals surface area (Å²) in [5, 5.41) is 16.6.